The van der Waals surface area contributed by atoms with Crippen molar-refractivity contribution in [3.63, 3.8) is 0 Å². The van der Waals surface area contributed by atoms with Gasteiger partial charge in [-0.05, 0) is 30.2 Å². The lowest BCUT2D eigenvalue weighted by atomic mass is 10.0. The Labute approximate surface area is 116 Å². The van der Waals surface area contributed by atoms with Crippen molar-refractivity contribution in [2.24, 2.45) is 0 Å². The first kappa shape index (κ1) is 14.1. The zero-order chi connectivity index (χ0) is 14.0. The van der Waals surface area contributed by atoms with Gasteiger partial charge in [0.1, 0.15) is 11.6 Å². The third-order valence-electron chi connectivity index (χ3n) is 2.68. The second kappa shape index (κ2) is 5.74. The van der Waals surface area contributed by atoms with Gasteiger partial charge in [-0.15, -0.1) is 0 Å². The molecule has 0 fully saturated rings. The van der Waals surface area contributed by atoms with Crippen LogP contribution in [-0.2, 0) is 6.42 Å². The molecular weight excluding hydrogens is 324 g/mol. The molecule has 0 spiro atoms. The van der Waals surface area contributed by atoms with E-state index in [4.69, 9.17) is 0 Å². The molecule has 1 unspecified atom stereocenters. The van der Waals surface area contributed by atoms with Crippen LogP contribution >= 0.6 is 15.9 Å². The zero-order valence-electron chi connectivity index (χ0n) is 9.64. The molecule has 2 rings (SSSR count). The highest BCUT2D eigenvalue weighted by Crippen LogP contribution is 2.30. The average molecular weight is 333 g/mol. The lowest BCUT2D eigenvalue weighted by Gasteiger charge is -2.12. The minimum atomic E-state index is -1.23. The highest BCUT2D eigenvalue weighted by molar-refractivity contribution is 9.09. The van der Waals surface area contributed by atoms with Crippen LogP contribution in [0.2, 0.25) is 0 Å². The van der Waals surface area contributed by atoms with Gasteiger partial charge in [-0.1, -0.05) is 28.1 Å². The van der Waals surface area contributed by atoms with Crippen molar-refractivity contribution in [2.45, 2.75) is 11.2 Å². The SMILES string of the molecule is Fc1cccc(CC(Br)c2cc(F)c(F)cc2F)c1. The van der Waals surface area contributed by atoms with Gasteiger partial charge in [0.2, 0.25) is 0 Å². The largest absolute Gasteiger partial charge is 0.207 e. The first-order chi connectivity index (χ1) is 8.97. The number of benzene rings is 2. The monoisotopic (exact) mass is 332 g/mol. The Kier molecular flexibility index (Phi) is 4.24. The minimum Gasteiger partial charge on any atom is -0.207 e. The van der Waals surface area contributed by atoms with E-state index in [0.29, 0.717) is 11.6 Å². The smallest absolute Gasteiger partial charge is 0.161 e. The quantitative estimate of drug-likeness (QED) is 0.425. The zero-order valence-corrected chi connectivity index (χ0v) is 11.2. The first-order valence-electron chi connectivity index (χ1n) is 5.50. The predicted octanol–water partition coefficient (Wildman–Crippen LogP) is 4.92. The van der Waals surface area contributed by atoms with E-state index in [0.717, 1.165) is 6.07 Å². The van der Waals surface area contributed by atoms with Gasteiger partial charge in [0.15, 0.2) is 11.6 Å². The molecule has 0 saturated carbocycles. The van der Waals surface area contributed by atoms with E-state index >= 15 is 0 Å². The maximum atomic E-state index is 13.6. The van der Waals surface area contributed by atoms with Crippen LogP contribution in [0.1, 0.15) is 16.0 Å². The molecule has 2 aromatic carbocycles. The molecule has 0 aliphatic heterocycles. The molecule has 100 valence electrons. The van der Waals surface area contributed by atoms with Gasteiger partial charge in [-0.25, -0.2) is 17.6 Å². The molecule has 0 radical (unpaired) electrons. The fraction of sp³-hybridized carbons (Fsp3) is 0.143. The molecule has 2 aromatic rings. The summed E-state index contributed by atoms with van der Waals surface area (Å²) < 4.78 is 52.5. The maximum Gasteiger partial charge on any atom is 0.161 e. The Morgan fingerprint density at radius 3 is 2.26 bits per heavy atom. The van der Waals surface area contributed by atoms with Crippen LogP contribution in [0.4, 0.5) is 17.6 Å². The fourth-order valence-corrected chi connectivity index (χ4v) is 2.48. The Balaban J connectivity index is 2.25. The molecule has 5 heteroatoms. The number of hydrogen-bond acceptors (Lipinski definition) is 0. The molecule has 0 saturated heterocycles. The van der Waals surface area contributed by atoms with Crippen LogP contribution in [0.5, 0.6) is 0 Å². The van der Waals surface area contributed by atoms with E-state index < -0.39 is 28.1 Å². The summed E-state index contributed by atoms with van der Waals surface area (Å²) in [6.45, 7) is 0. The molecular formula is C14H9BrF4. The van der Waals surface area contributed by atoms with E-state index in [1.165, 1.54) is 18.2 Å². The summed E-state index contributed by atoms with van der Waals surface area (Å²) in [4.78, 5) is -0.565. The molecule has 0 aromatic heterocycles. The van der Waals surface area contributed by atoms with E-state index in [9.17, 15) is 17.6 Å². The van der Waals surface area contributed by atoms with Crippen molar-refractivity contribution < 1.29 is 17.6 Å². The third kappa shape index (κ3) is 3.35. The van der Waals surface area contributed by atoms with E-state index in [1.807, 2.05) is 0 Å². The molecule has 1 atom stereocenters. The third-order valence-corrected chi connectivity index (χ3v) is 3.50. The molecule has 0 N–H and O–H groups in total. The Hall–Kier alpha value is -1.36. The van der Waals surface area contributed by atoms with Crippen molar-refractivity contribution in [1.29, 1.82) is 0 Å². The van der Waals surface area contributed by atoms with Crippen molar-refractivity contribution in [3.05, 3.63) is 70.8 Å². The van der Waals surface area contributed by atoms with Crippen molar-refractivity contribution in [1.82, 2.24) is 0 Å². The van der Waals surface area contributed by atoms with Gasteiger partial charge in [-0.2, -0.15) is 0 Å². The lowest BCUT2D eigenvalue weighted by molar-refractivity contribution is 0.489. The summed E-state index contributed by atoms with van der Waals surface area (Å²) in [6.07, 6.45) is 0.264. The summed E-state index contributed by atoms with van der Waals surface area (Å²) in [5.41, 5.74) is 0.633. The Morgan fingerprint density at radius 2 is 1.58 bits per heavy atom. The molecule has 19 heavy (non-hydrogen) atoms. The van der Waals surface area contributed by atoms with E-state index in [1.54, 1.807) is 6.07 Å². The Bertz CT molecular complexity index is 598. The molecule has 0 nitrogen and oxygen atoms in total. The van der Waals surface area contributed by atoms with Crippen LogP contribution in [0.3, 0.4) is 0 Å². The second-order valence-corrected chi connectivity index (χ2v) is 5.19. The molecule has 0 aliphatic carbocycles. The highest BCUT2D eigenvalue weighted by Gasteiger charge is 2.17. The van der Waals surface area contributed by atoms with Gasteiger partial charge >= 0.3 is 0 Å². The molecule has 0 aliphatic rings. The van der Waals surface area contributed by atoms with Crippen molar-refractivity contribution in [3.8, 4) is 0 Å². The second-order valence-electron chi connectivity index (χ2n) is 4.09. The standard InChI is InChI=1S/C14H9BrF4/c15-11(5-8-2-1-3-9(16)4-8)10-6-13(18)14(19)7-12(10)17/h1-4,6-7,11H,5H2. The summed E-state index contributed by atoms with van der Waals surface area (Å²) in [6, 6.07) is 7.13. The summed E-state index contributed by atoms with van der Waals surface area (Å²) in [5.74, 6) is -3.58. The number of halogens is 5. The van der Waals surface area contributed by atoms with Gasteiger partial charge in [0.25, 0.3) is 0 Å². The highest BCUT2D eigenvalue weighted by atomic mass is 79.9. The summed E-state index contributed by atoms with van der Waals surface area (Å²) in [5, 5.41) is 0. The van der Waals surface area contributed by atoms with Crippen molar-refractivity contribution >= 4 is 15.9 Å². The van der Waals surface area contributed by atoms with Gasteiger partial charge in [0.05, 0.1) is 0 Å². The van der Waals surface area contributed by atoms with Gasteiger partial charge < -0.3 is 0 Å². The lowest BCUT2D eigenvalue weighted by Crippen LogP contribution is -2.01. The first-order valence-corrected chi connectivity index (χ1v) is 6.42. The summed E-state index contributed by atoms with van der Waals surface area (Å²) >= 11 is 3.21. The van der Waals surface area contributed by atoms with E-state index in [-0.39, 0.29) is 12.0 Å². The summed E-state index contributed by atoms with van der Waals surface area (Å²) in [7, 11) is 0. The fourth-order valence-electron chi connectivity index (χ4n) is 1.76. The predicted molar refractivity (Wildman–Crippen MR) is 68.1 cm³/mol. The number of alkyl halides is 1. The number of rotatable bonds is 3. The van der Waals surface area contributed by atoms with Crippen LogP contribution in [0.25, 0.3) is 0 Å². The number of hydrogen-bond donors (Lipinski definition) is 0. The van der Waals surface area contributed by atoms with E-state index in [2.05, 4.69) is 15.9 Å². The average Bonchev–Trinajstić information content (AvgIpc) is 2.33. The minimum absolute atomic E-state index is 0.00293. The maximum absolute atomic E-state index is 13.6. The Morgan fingerprint density at radius 1 is 0.895 bits per heavy atom. The van der Waals surface area contributed by atoms with Gasteiger partial charge in [-0.3, -0.25) is 0 Å². The van der Waals surface area contributed by atoms with Crippen LogP contribution in [0, 0.1) is 23.3 Å². The van der Waals surface area contributed by atoms with Crippen molar-refractivity contribution in [2.75, 3.05) is 0 Å². The molecule has 0 amide bonds. The molecule has 0 heterocycles. The van der Waals surface area contributed by atoms with Crippen LogP contribution in [-0.4, -0.2) is 0 Å². The van der Waals surface area contributed by atoms with Crippen LogP contribution in [0.15, 0.2) is 36.4 Å². The van der Waals surface area contributed by atoms with Gasteiger partial charge in [0, 0.05) is 16.5 Å². The topological polar surface area (TPSA) is 0 Å². The molecule has 0 bridgehead atoms. The van der Waals surface area contributed by atoms with Crippen LogP contribution < -0.4 is 0 Å². The normalized spacial score (nSPS) is 12.5.